The lowest BCUT2D eigenvalue weighted by atomic mass is 10.1. The Kier molecular flexibility index (Phi) is 7.11. The van der Waals surface area contributed by atoms with E-state index in [0.29, 0.717) is 49.8 Å². The summed E-state index contributed by atoms with van der Waals surface area (Å²) in [4.78, 5) is 32.8. The summed E-state index contributed by atoms with van der Waals surface area (Å²) in [5.41, 5.74) is 1.27. The van der Waals surface area contributed by atoms with Gasteiger partial charge in [-0.15, -0.1) is 0 Å². The fraction of sp³-hybridized carbons (Fsp3) is 0.409. The van der Waals surface area contributed by atoms with Crippen molar-refractivity contribution in [2.75, 3.05) is 51.9 Å². The van der Waals surface area contributed by atoms with E-state index in [1.165, 1.54) is 6.20 Å². The number of nitrogens with zero attached hydrogens (tertiary/aromatic N) is 3. The zero-order chi connectivity index (χ0) is 21.5. The minimum atomic E-state index is -0.374. The average Bonchev–Trinajstić information content (AvgIpc) is 2.79. The summed E-state index contributed by atoms with van der Waals surface area (Å²) in [6, 6.07) is 9.00. The third kappa shape index (κ3) is 5.00. The van der Waals surface area contributed by atoms with Crippen molar-refractivity contribution in [1.82, 2.24) is 9.88 Å². The molecule has 160 valence electrons. The van der Waals surface area contributed by atoms with Crippen LogP contribution in [-0.4, -0.2) is 68.8 Å². The van der Waals surface area contributed by atoms with E-state index in [0.717, 1.165) is 11.4 Å². The first kappa shape index (κ1) is 21.4. The fourth-order valence-electron chi connectivity index (χ4n) is 3.37. The molecule has 0 bridgehead atoms. The molecule has 1 aliphatic heterocycles. The Balaban J connectivity index is 1.56. The Hall–Kier alpha value is -3.29. The van der Waals surface area contributed by atoms with Gasteiger partial charge in [-0.25, -0.2) is 9.78 Å². The van der Waals surface area contributed by atoms with Gasteiger partial charge in [0.2, 0.25) is 5.91 Å². The summed E-state index contributed by atoms with van der Waals surface area (Å²) < 4.78 is 15.6. The summed E-state index contributed by atoms with van der Waals surface area (Å²) in [5.74, 6) is 1.81. The van der Waals surface area contributed by atoms with Crippen molar-refractivity contribution >= 4 is 17.7 Å². The Bertz CT molecular complexity index is 877. The van der Waals surface area contributed by atoms with Crippen molar-refractivity contribution in [2.45, 2.75) is 13.3 Å². The second-order valence-corrected chi connectivity index (χ2v) is 6.85. The lowest BCUT2D eigenvalue weighted by Crippen LogP contribution is -2.49. The molecule has 1 saturated heterocycles. The maximum Gasteiger partial charge on any atom is 0.339 e. The van der Waals surface area contributed by atoms with Gasteiger partial charge in [-0.05, 0) is 25.1 Å². The molecule has 1 aliphatic rings. The van der Waals surface area contributed by atoms with Gasteiger partial charge in [0.1, 0.15) is 17.3 Å². The van der Waals surface area contributed by atoms with Crippen molar-refractivity contribution in [3.05, 3.63) is 47.7 Å². The van der Waals surface area contributed by atoms with Gasteiger partial charge in [-0.2, -0.15) is 0 Å². The number of carbonyl (C=O) groups excluding carboxylic acids is 2. The number of amides is 1. The van der Waals surface area contributed by atoms with E-state index in [1.807, 2.05) is 23.1 Å². The lowest BCUT2D eigenvalue weighted by molar-refractivity contribution is -0.130. The molecule has 8 nitrogen and oxygen atoms in total. The molecule has 1 aromatic heterocycles. The van der Waals surface area contributed by atoms with Gasteiger partial charge in [0.15, 0.2) is 0 Å². The first-order valence-corrected chi connectivity index (χ1v) is 9.92. The van der Waals surface area contributed by atoms with Crippen molar-refractivity contribution in [1.29, 1.82) is 0 Å². The zero-order valence-corrected chi connectivity index (χ0v) is 17.6. The van der Waals surface area contributed by atoms with Crippen LogP contribution >= 0.6 is 0 Å². The number of methoxy groups -OCH3 is 2. The predicted molar refractivity (Wildman–Crippen MR) is 112 cm³/mol. The molecule has 0 atom stereocenters. The molecule has 0 radical (unpaired) electrons. The number of piperazine rings is 1. The van der Waals surface area contributed by atoms with Crippen LogP contribution in [0.25, 0.3) is 0 Å². The number of esters is 1. The van der Waals surface area contributed by atoms with E-state index in [1.54, 1.807) is 33.3 Å². The quantitative estimate of drug-likeness (QED) is 0.644. The smallest absolute Gasteiger partial charge is 0.339 e. The number of hydrogen-bond donors (Lipinski definition) is 0. The average molecular weight is 413 g/mol. The van der Waals surface area contributed by atoms with Crippen molar-refractivity contribution < 1.29 is 23.8 Å². The number of benzene rings is 1. The highest BCUT2D eigenvalue weighted by molar-refractivity contribution is 5.89. The molecule has 0 aliphatic carbocycles. The Morgan fingerprint density at radius 2 is 1.80 bits per heavy atom. The van der Waals surface area contributed by atoms with Crippen LogP contribution in [0.2, 0.25) is 0 Å². The van der Waals surface area contributed by atoms with Crippen LogP contribution in [-0.2, 0) is 16.0 Å². The first-order valence-electron chi connectivity index (χ1n) is 9.92. The van der Waals surface area contributed by atoms with Crippen LogP contribution in [0, 0.1) is 0 Å². The topological polar surface area (TPSA) is 81.2 Å². The summed E-state index contributed by atoms with van der Waals surface area (Å²) in [6.07, 6.45) is 1.81. The molecule has 2 heterocycles. The Morgan fingerprint density at radius 1 is 1.03 bits per heavy atom. The minimum Gasteiger partial charge on any atom is -0.497 e. The number of rotatable bonds is 7. The van der Waals surface area contributed by atoms with Crippen LogP contribution in [0.5, 0.6) is 11.5 Å². The second kappa shape index (κ2) is 9.96. The predicted octanol–water partition coefficient (Wildman–Crippen LogP) is 2.17. The van der Waals surface area contributed by atoms with Gasteiger partial charge in [0.05, 0.1) is 32.8 Å². The number of pyridine rings is 1. The maximum atomic E-state index is 12.8. The SMILES string of the molecule is CCOC(=O)c1ccc(N2CCN(C(=O)Cc3ccc(OC)cc3OC)CC2)nc1. The zero-order valence-electron chi connectivity index (χ0n) is 17.6. The normalized spacial score (nSPS) is 13.7. The van der Waals surface area contributed by atoms with Gasteiger partial charge < -0.3 is 24.0 Å². The van der Waals surface area contributed by atoms with Crippen LogP contribution in [0.1, 0.15) is 22.8 Å². The number of carbonyl (C=O) groups is 2. The molecule has 2 aromatic rings. The molecule has 0 N–H and O–H groups in total. The van der Waals surface area contributed by atoms with Crippen molar-refractivity contribution in [3.63, 3.8) is 0 Å². The monoisotopic (exact) mass is 413 g/mol. The molecule has 0 spiro atoms. The highest BCUT2D eigenvalue weighted by Crippen LogP contribution is 2.25. The molecule has 8 heteroatoms. The molecule has 0 saturated carbocycles. The summed E-state index contributed by atoms with van der Waals surface area (Å²) in [7, 11) is 3.18. The van der Waals surface area contributed by atoms with E-state index < -0.39 is 0 Å². The number of anilines is 1. The van der Waals surface area contributed by atoms with Crippen molar-refractivity contribution in [2.24, 2.45) is 0 Å². The fourth-order valence-corrected chi connectivity index (χ4v) is 3.37. The largest absolute Gasteiger partial charge is 0.497 e. The van der Waals surface area contributed by atoms with Gasteiger partial charge in [0, 0.05) is 44.0 Å². The molecule has 1 amide bonds. The molecule has 3 rings (SSSR count). The lowest BCUT2D eigenvalue weighted by Gasteiger charge is -2.35. The van der Waals surface area contributed by atoms with E-state index in [4.69, 9.17) is 14.2 Å². The highest BCUT2D eigenvalue weighted by atomic mass is 16.5. The van der Waals surface area contributed by atoms with Crippen LogP contribution in [0.3, 0.4) is 0 Å². The van der Waals surface area contributed by atoms with E-state index in [2.05, 4.69) is 9.88 Å². The summed E-state index contributed by atoms with van der Waals surface area (Å²) in [5, 5.41) is 0. The molecule has 0 unspecified atom stereocenters. The standard InChI is InChI=1S/C22H27N3O5/c1-4-30-22(27)17-6-8-20(23-15-17)24-9-11-25(12-10-24)21(26)13-16-5-7-18(28-2)14-19(16)29-3/h5-8,14-15H,4,9-13H2,1-3H3. The van der Waals surface area contributed by atoms with Gasteiger partial charge in [-0.1, -0.05) is 6.07 Å². The Labute approximate surface area is 176 Å². The third-order valence-electron chi connectivity index (χ3n) is 5.05. The van der Waals surface area contributed by atoms with Crippen LogP contribution < -0.4 is 14.4 Å². The molecular formula is C22H27N3O5. The number of hydrogen-bond acceptors (Lipinski definition) is 7. The van der Waals surface area contributed by atoms with Crippen molar-refractivity contribution in [3.8, 4) is 11.5 Å². The first-order chi connectivity index (χ1) is 14.5. The molecule has 30 heavy (non-hydrogen) atoms. The summed E-state index contributed by atoms with van der Waals surface area (Å²) in [6.45, 7) is 4.68. The van der Waals surface area contributed by atoms with E-state index in [-0.39, 0.29) is 18.3 Å². The molecule has 1 aromatic carbocycles. The second-order valence-electron chi connectivity index (χ2n) is 6.85. The van der Waals surface area contributed by atoms with Crippen LogP contribution in [0.15, 0.2) is 36.5 Å². The number of ether oxygens (including phenoxy) is 3. The molecule has 1 fully saturated rings. The number of aromatic nitrogens is 1. The minimum absolute atomic E-state index is 0.0590. The van der Waals surface area contributed by atoms with Gasteiger partial charge in [-0.3, -0.25) is 4.79 Å². The highest BCUT2D eigenvalue weighted by Gasteiger charge is 2.23. The molecular weight excluding hydrogens is 386 g/mol. The maximum absolute atomic E-state index is 12.8. The van der Waals surface area contributed by atoms with E-state index >= 15 is 0 Å². The van der Waals surface area contributed by atoms with E-state index in [9.17, 15) is 9.59 Å². The third-order valence-corrected chi connectivity index (χ3v) is 5.05. The van der Waals surface area contributed by atoms with Gasteiger partial charge in [0.25, 0.3) is 0 Å². The van der Waals surface area contributed by atoms with Crippen LogP contribution in [0.4, 0.5) is 5.82 Å². The summed E-state index contributed by atoms with van der Waals surface area (Å²) >= 11 is 0. The van der Waals surface area contributed by atoms with Gasteiger partial charge >= 0.3 is 5.97 Å². The Morgan fingerprint density at radius 3 is 2.40 bits per heavy atom.